The second-order valence-corrected chi connectivity index (χ2v) is 6.23. The van der Waals surface area contributed by atoms with Gasteiger partial charge >= 0.3 is 0 Å². The van der Waals surface area contributed by atoms with Crippen molar-refractivity contribution in [1.82, 2.24) is 29.5 Å². The molecule has 0 spiro atoms. The van der Waals surface area contributed by atoms with E-state index in [9.17, 15) is 0 Å². The highest BCUT2D eigenvalue weighted by molar-refractivity contribution is 6.33. The minimum Gasteiger partial charge on any atom is -0.305 e. The molecule has 0 N–H and O–H groups in total. The molecule has 0 saturated carbocycles. The Morgan fingerprint density at radius 2 is 2.10 bits per heavy atom. The van der Waals surface area contributed by atoms with Crippen LogP contribution in [0.15, 0.2) is 6.20 Å². The van der Waals surface area contributed by atoms with Crippen LogP contribution in [0.3, 0.4) is 0 Å². The van der Waals surface area contributed by atoms with Crippen molar-refractivity contribution in [1.29, 1.82) is 0 Å². The fourth-order valence-corrected chi connectivity index (χ4v) is 3.17. The first-order valence-electron chi connectivity index (χ1n) is 7.31. The van der Waals surface area contributed by atoms with Crippen molar-refractivity contribution in [2.24, 2.45) is 7.05 Å². The van der Waals surface area contributed by atoms with Gasteiger partial charge in [-0.25, -0.2) is 9.97 Å². The Morgan fingerprint density at radius 3 is 2.90 bits per heavy atom. The third kappa shape index (κ3) is 3.02. The van der Waals surface area contributed by atoms with E-state index in [2.05, 4.69) is 38.8 Å². The molecule has 114 valence electrons. The molecule has 0 aliphatic carbocycles. The van der Waals surface area contributed by atoms with E-state index in [1.165, 1.54) is 6.42 Å². The summed E-state index contributed by atoms with van der Waals surface area (Å²) in [5.41, 5.74) is 0.796. The summed E-state index contributed by atoms with van der Waals surface area (Å²) in [7, 11) is 4.05. The van der Waals surface area contributed by atoms with E-state index in [-0.39, 0.29) is 0 Å². The standard InChI is InChI=1S/C14H21ClN6/c1-10-8-19(2)5-4-6-21(10)9-12-17-13(15)11-7-16-20(3)14(11)18-12/h7,10H,4-6,8-9H2,1-3H3. The number of nitrogens with zero attached hydrogens (tertiary/aromatic N) is 6. The summed E-state index contributed by atoms with van der Waals surface area (Å²) in [4.78, 5) is 13.9. The molecular formula is C14H21ClN6. The van der Waals surface area contributed by atoms with Crippen molar-refractivity contribution in [3.8, 4) is 0 Å². The zero-order valence-corrected chi connectivity index (χ0v) is 13.5. The summed E-state index contributed by atoms with van der Waals surface area (Å²) >= 11 is 6.25. The molecular weight excluding hydrogens is 288 g/mol. The summed E-state index contributed by atoms with van der Waals surface area (Å²) in [6.45, 7) is 6.27. The maximum atomic E-state index is 6.25. The van der Waals surface area contributed by atoms with Crippen molar-refractivity contribution < 1.29 is 0 Å². The first-order chi connectivity index (χ1) is 10.0. The van der Waals surface area contributed by atoms with Crippen LogP contribution in [0.5, 0.6) is 0 Å². The van der Waals surface area contributed by atoms with Crippen LogP contribution in [-0.2, 0) is 13.6 Å². The van der Waals surface area contributed by atoms with E-state index in [1.54, 1.807) is 10.9 Å². The summed E-state index contributed by atoms with van der Waals surface area (Å²) in [5, 5.41) is 5.49. The van der Waals surface area contributed by atoms with Gasteiger partial charge in [-0.05, 0) is 26.9 Å². The van der Waals surface area contributed by atoms with Crippen LogP contribution < -0.4 is 0 Å². The van der Waals surface area contributed by atoms with Crippen LogP contribution in [-0.4, -0.2) is 62.3 Å². The van der Waals surface area contributed by atoms with Crippen LogP contribution in [0.2, 0.25) is 5.15 Å². The van der Waals surface area contributed by atoms with Crippen molar-refractivity contribution in [3.63, 3.8) is 0 Å². The minimum absolute atomic E-state index is 0.488. The second kappa shape index (κ2) is 5.87. The lowest BCUT2D eigenvalue weighted by atomic mass is 10.2. The number of rotatable bonds is 2. The molecule has 1 unspecified atom stereocenters. The zero-order chi connectivity index (χ0) is 15.0. The van der Waals surface area contributed by atoms with Crippen LogP contribution in [0.25, 0.3) is 11.0 Å². The first kappa shape index (κ1) is 14.7. The molecule has 1 saturated heterocycles. The number of aromatic nitrogens is 4. The van der Waals surface area contributed by atoms with Crippen LogP contribution in [0.1, 0.15) is 19.2 Å². The van der Waals surface area contributed by atoms with Gasteiger partial charge < -0.3 is 4.90 Å². The minimum atomic E-state index is 0.488. The zero-order valence-electron chi connectivity index (χ0n) is 12.8. The van der Waals surface area contributed by atoms with E-state index in [4.69, 9.17) is 11.6 Å². The molecule has 2 aromatic heterocycles. The third-order valence-corrected chi connectivity index (χ3v) is 4.41. The van der Waals surface area contributed by atoms with E-state index < -0.39 is 0 Å². The summed E-state index contributed by atoms with van der Waals surface area (Å²) in [6, 6.07) is 0.488. The lowest BCUT2D eigenvalue weighted by Crippen LogP contribution is -2.37. The molecule has 1 aliphatic rings. The predicted molar refractivity (Wildman–Crippen MR) is 83.3 cm³/mol. The molecule has 7 heteroatoms. The monoisotopic (exact) mass is 308 g/mol. The molecule has 3 heterocycles. The Morgan fingerprint density at radius 1 is 1.29 bits per heavy atom. The third-order valence-electron chi connectivity index (χ3n) is 4.12. The lowest BCUT2D eigenvalue weighted by Gasteiger charge is -2.27. The summed E-state index contributed by atoms with van der Waals surface area (Å²) in [6.07, 6.45) is 2.88. The SMILES string of the molecule is CC1CN(C)CCCN1Cc1nc(Cl)c2cnn(C)c2n1. The quantitative estimate of drug-likeness (QED) is 0.788. The molecule has 1 aliphatic heterocycles. The average molecular weight is 309 g/mol. The van der Waals surface area contributed by atoms with Crippen LogP contribution >= 0.6 is 11.6 Å². The van der Waals surface area contributed by atoms with Gasteiger partial charge in [0.15, 0.2) is 5.65 Å². The molecule has 21 heavy (non-hydrogen) atoms. The maximum absolute atomic E-state index is 6.25. The van der Waals surface area contributed by atoms with Crippen LogP contribution in [0, 0.1) is 0 Å². The predicted octanol–water partition coefficient (Wildman–Crippen LogP) is 1.54. The van der Waals surface area contributed by atoms with Gasteiger partial charge in [0.2, 0.25) is 0 Å². The fourth-order valence-electron chi connectivity index (χ4n) is 2.94. The van der Waals surface area contributed by atoms with Crippen LogP contribution in [0.4, 0.5) is 0 Å². The molecule has 2 aromatic rings. The normalized spacial score (nSPS) is 21.8. The largest absolute Gasteiger partial charge is 0.305 e. The molecule has 0 radical (unpaired) electrons. The molecule has 0 amide bonds. The molecule has 1 fully saturated rings. The van der Waals surface area contributed by atoms with Crippen molar-refractivity contribution in [2.75, 3.05) is 26.7 Å². The molecule has 0 bridgehead atoms. The smallest absolute Gasteiger partial charge is 0.162 e. The number of aryl methyl sites for hydroxylation is 1. The molecule has 6 nitrogen and oxygen atoms in total. The van der Waals surface area contributed by atoms with Crippen molar-refractivity contribution in [2.45, 2.75) is 25.9 Å². The van der Waals surface area contributed by atoms with Crippen molar-refractivity contribution >= 4 is 22.6 Å². The van der Waals surface area contributed by atoms with Gasteiger partial charge in [-0.2, -0.15) is 5.10 Å². The Bertz CT molecular complexity index is 640. The van der Waals surface area contributed by atoms with E-state index in [0.29, 0.717) is 11.2 Å². The number of hydrogen-bond acceptors (Lipinski definition) is 5. The van der Waals surface area contributed by atoms with Gasteiger partial charge in [0.1, 0.15) is 11.0 Å². The van der Waals surface area contributed by atoms with Gasteiger partial charge in [-0.3, -0.25) is 9.58 Å². The molecule has 1 atom stereocenters. The molecule has 3 rings (SSSR count). The fraction of sp³-hybridized carbons (Fsp3) is 0.643. The second-order valence-electron chi connectivity index (χ2n) is 5.87. The first-order valence-corrected chi connectivity index (χ1v) is 7.69. The lowest BCUT2D eigenvalue weighted by molar-refractivity contribution is 0.190. The Balaban J connectivity index is 1.85. The number of likely N-dealkylation sites (N-methyl/N-ethyl adjacent to an activating group) is 1. The highest BCUT2D eigenvalue weighted by Crippen LogP contribution is 2.20. The van der Waals surface area contributed by atoms with Gasteiger partial charge in [-0.15, -0.1) is 0 Å². The van der Waals surface area contributed by atoms with Gasteiger partial charge in [-0.1, -0.05) is 11.6 Å². The number of halogens is 1. The van der Waals surface area contributed by atoms with E-state index in [0.717, 1.165) is 43.0 Å². The average Bonchev–Trinajstić information content (AvgIpc) is 2.72. The van der Waals surface area contributed by atoms with Crippen molar-refractivity contribution in [3.05, 3.63) is 17.2 Å². The van der Waals surface area contributed by atoms with Gasteiger partial charge in [0.25, 0.3) is 0 Å². The molecule has 0 aromatic carbocycles. The highest BCUT2D eigenvalue weighted by atomic mass is 35.5. The Labute approximate surface area is 129 Å². The maximum Gasteiger partial charge on any atom is 0.162 e. The highest BCUT2D eigenvalue weighted by Gasteiger charge is 2.21. The summed E-state index contributed by atoms with van der Waals surface area (Å²) in [5.74, 6) is 0.771. The van der Waals surface area contributed by atoms with E-state index in [1.807, 2.05) is 7.05 Å². The van der Waals surface area contributed by atoms with Gasteiger partial charge in [0.05, 0.1) is 18.1 Å². The Kier molecular flexibility index (Phi) is 4.10. The number of fused-ring (bicyclic) bond motifs is 1. The number of hydrogen-bond donors (Lipinski definition) is 0. The topological polar surface area (TPSA) is 50.1 Å². The Hall–Kier alpha value is -1.24. The summed E-state index contributed by atoms with van der Waals surface area (Å²) < 4.78 is 1.74. The van der Waals surface area contributed by atoms with E-state index >= 15 is 0 Å². The van der Waals surface area contributed by atoms with Gasteiger partial charge in [0, 0.05) is 26.2 Å².